The Morgan fingerprint density at radius 3 is 2.58 bits per heavy atom. The van der Waals surface area contributed by atoms with Crippen LogP contribution in [0, 0.1) is 18.3 Å². The topological polar surface area (TPSA) is 79.6 Å². The molecule has 9 heteroatoms. The zero-order valence-electron chi connectivity index (χ0n) is 21.8. The molecular weight excluding hydrogens is 498 g/mol. The fourth-order valence-corrected chi connectivity index (χ4v) is 5.51. The molecule has 2 aliphatic heterocycles. The summed E-state index contributed by atoms with van der Waals surface area (Å²) in [7, 11) is 0. The molecule has 2 aliphatic rings. The van der Waals surface area contributed by atoms with Gasteiger partial charge < -0.3 is 14.7 Å². The third kappa shape index (κ3) is 5.59. The largest absolute Gasteiger partial charge is 0.353 e. The zero-order valence-corrected chi connectivity index (χ0v) is 22.6. The van der Waals surface area contributed by atoms with Crippen molar-refractivity contribution >= 4 is 29.1 Å². The van der Waals surface area contributed by atoms with Crippen molar-refractivity contribution in [2.45, 2.75) is 26.4 Å². The molecule has 196 valence electrons. The zero-order chi connectivity index (χ0) is 26.6. The first kappa shape index (κ1) is 26.0. The smallest absolute Gasteiger partial charge is 0.254 e. The molecule has 0 aliphatic carbocycles. The highest BCUT2D eigenvalue weighted by molar-refractivity contribution is 6.32. The van der Waals surface area contributed by atoms with E-state index in [1.807, 2.05) is 36.1 Å². The first-order chi connectivity index (χ1) is 18.4. The molecule has 0 N–H and O–H groups in total. The highest BCUT2D eigenvalue weighted by Gasteiger charge is 2.30. The summed E-state index contributed by atoms with van der Waals surface area (Å²) in [6, 6.07) is 17.6. The van der Waals surface area contributed by atoms with Gasteiger partial charge in [-0.25, -0.2) is 9.97 Å². The van der Waals surface area contributed by atoms with Crippen LogP contribution in [0.5, 0.6) is 0 Å². The van der Waals surface area contributed by atoms with Gasteiger partial charge in [-0.05, 0) is 55.3 Å². The van der Waals surface area contributed by atoms with Crippen LogP contribution >= 0.6 is 11.6 Å². The predicted octanol–water partition coefficient (Wildman–Crippen LogP) is 3.98. The Morgan fingerprint density at radius 1 is 1.05 bits per heavy atom. The molecule has 0 spiro atoms. The molecule has 8 nitrogen and oxygen atoms in total. The molecule has 2 saturated heterocycles. The molecule has 1 aromatic carbocycles. The van der Waals surface area contributed by atoms with Crippen molar-refractivity contribution in [1.29, 1.82) is 5.26 Å². The number of hydrogen-bond acceptors (Lipinski definition) is 7. The average molecular weight is 530 g/mol. The average Bonchev–Trinajstić information content (AvgIpc) is 2.94. The van der Waals surface area contributed by atoms with Crippen LogP contribution in [-0.4, -0.2) is 77.5 Å². The molecule has 2 aromatic heterocycles. The number of piperazine rings is 2. The summed E-state index contributed by atoms with van der Waals surface area (Å²) >= 11 is 6.34. The molecule has 1 atom stereocenters. The number of carbonyl (C=O) groups excluding carboxylic acids is 1. The number of rotatable bonds is 5. The lowest BCUT2D eigenvalue weighted by Crippen LogP contribution is -2.54. The number of aromatic nitrogens is 2. The summed E-state index contributed by atoms with van der Waals surface area (Å²) in [6.45, 7) is 10.4. The van der Waals surface area contributed by atoms with Crippen LogP contribution in [0.2, 0.25) is 5.02 Å². The quantitative estimate of drug-likeness (QED) is 0.494. The maximum Gasteiger partial charge on any atom is 0.254 e. The molecule has 5 rings (SSSR count). The van der Waals surface area contributed by atoms with Crippen LogP contribution in [0.1, 0.15) is 34.1 Å². The Balaban J connectivity index is 1.22. The van der Waals surface area contributed by atoms with E-state index in [0.29, 0.717) is 30.4 Å². The number of carbonyl (C=O) groups is 1. The molecule has 4 heterocycles. The lowest BCUT2D eigenvalue weighted by atomic mass is 10.0. The van der Waals surface area contributed by atoms with E-state index < -0.39 is 0 Å². The van der Waals surface area contributed by atoms with Gasteiger partial charge in [-0.3, -0.25) is 9.69 Å². The molecular formula is C29H32ClN7O. The molecule has 0 bridgehead atoms. The van der Waals surface area contributed by atoms with E-state index in [-0.39, 0.29) is 11.9 Å². The fraction of sp³-hybridized carbons (Fsp3) is 0.379. The first-order valence-electron chi connectivity index (χ1n) is 13.0. The normalized spacial score (nSPS) is 18.4. The molecule has 2 fully saturated rings. The summed E-state index contributed by atoms with van der Waals surface area (Å²) in [5, 5.41) is 9.86. The minimum atomic E-state index is 0.0262. The summed E-state index contributed by atoms with van der Waals surface area (Å²) in [6.07, 6.45) is 1.78. The molecule has 0 radical (unpaired) electrons. The molecule has 1 amide bonds. The third-order valence-electron chi connectivity index (χ3n) is 7.41. The van der Waals surface area contributed by atoms with E-state index in [2.05, 4.69) is 55.9 Å². The van der Waals surface area contributed by atoms with E-state index in [1.165, 1.54) is 0 Å². The maximum atomic E-state index is 13.7. The molecule has 38 heavy (non-hydrogen) atoms. The number of aryl methyl sites for hydroxylation is 1. The SMILES string of the molecule is Cc1ccc(CN2CCN(c3ncccc3Cl)CC2)cc1C(=O)N1CCN(c2cccc(C#N)n2)CC1C. The van der Waals surface area contributed by atoms with Gasteiger partial charge in [0.2, 0.25) is 0 Å². The minimum absolute atomic E-state index is 0.0262. The first-order valence-corrected chi connectivity index (χ1v) is 13.4. The second kappa shape index (κ2) is 11.4. The van der Waals surface area contributed by atoms with Crippen molar-refractivity contribution in [2.75, 3.05) is 55.6 Å². The summed E-state index contributed by atoms with van der Waals surface area (Å²) in [4.78, 5) is 31.3. The van der Waals surface area contributed by atoms with Gasteiger partial charge in [-0.2, -0.15) is 5.26 Å². The number of halogens is 1. The standard InChI is InChI=1S/C29H32ClN7O/c1-21-8-9-23(20-34-11-13-35(14-12-34)28-26(30)6-4-10-32-28)17-25(21)29(38)37-16-15-36(19-22(37)2)27-7-3-5-24(18-31)33-27/h3-10,17,22H,11-16,19-20H2,1-2H3. The Morgan fingerprint density at radius 2 is 1.84 bits per heavy atom. The van der Waals surface area contributed by atoms with Crippen molar-refractivity contribution in [1.82, 2.24) is 19.8 Å². The van der Waals surface area contributed by atoms with E-state index in [9.17, 15) is 10.1 Å². The number of hydrogen-bond donors (Lipinski definition) is 0. The van der Waals surface area contributed by atoms with E-state index in [4.69, 9.17) is 11.6 Å². The molecule has 0 saturated carbocycles. The van der Waals surface area contributed by atoms with Gasteiger partial charge in [0.1, 0.15) is 23.4 Å². The number of nitriles is 1. The van der Waals surface area contributed by atoms with E-state index in [0.717, 1.165) is 61.0 Å². The highest BCUT2D eigenvalue weighted by Crippen LogP contribution is 2.25. The van der Waals surface area contributed by atoms with Crippen molar-refractivity contribution in [3.63, 3.8) is 0 Å². The Labute approximate surface area is 229 Å². The van der Waals surface area contributed by atoms with Crippen molar-refractivity contribution < 1.29 is 4.79 Å². The number of amides is 1. The number of benzene rings is 1. The van der Waals surface area contributed by atoms with Crippen LogP contribution in [0.25, 0.3) is 0 Å². The second-order valence-corrected chi connectivity index (χ2v) is 10.4. The van der Waals surface area contributed by atoms with Gasteiger partial charge in [-0.1, -0.05) is 29.8 Å². The van der Waals surface area contributed by atoms with E-state index in [1.54, 1.807) is 12.3 Å². The number of pyridine rings is 2. The van der Waals surface area contributed by atoms with Gasteiger partial charge in [0, 0.05) is 70.2 Å². The minimum Gasteiger partial charge on any atom is -0.353 e. The number of anilines is 2. The maximum absolute atomic E-state index is 13.7. The van der Waals surface area contributed by atoms with Crippen LogP contribution in [-0.2, 0) is 6.54 Å². The van der Waals surface area contributed by atoms with Crippen LogP contribution in [0.15, 0.2) is 54.7 Å². The highest BCUT2D eigenvalue weighted by atomic mass is 35.5. The second-order valence-electron chi connectivity index (χ2n) is 10.0. The third-order valence-corrected chi connectivity index (χ3v) is 7.71. The Hall–Kier alpha value is -3.67. The van der Waals surface area contributed by atoms with E-state index >= 15 is 0 Å². The lowest BCUT2D eigenvalue weighted by Gasteiger charge is -2.40. The predicted molar refractivity (Wildman–Crippen MR) is 150 cm³/mol. The fourth-order valence-electron chi connectivity index (χ4n) is 5.27. The van der Waals surface area contributed by atoms with Crippen molar-refractivity contribution in [2.24, 2.45) is 0 Å². The van der Waals surface area contributed by atoms with Gasteiger partial charge in [0.05, 0.1) is 5.02 Å². The summed E-state index contributed by atoms with van der Waals surface area (Å²) in [5.74, 6) is 1.70. The summed E-state index contributed by atoms with van der Waals surface area (Å²) in [5.41, 5.74) is 3.31. The van der Waals surface area contributed by atoms with Gasteiger partial charge in [-0.15, -0.1) is 0 Å². The Kier molecular flexibility index (Phi) is 7.77. The summed E-state index contributed by atoms with van der Waals surface area (Å²) < 4.78 is 0. The van der Waals surface area contributed by atoms with Crippen LogP contribution in [0.3, 0.4) is 0 Å². The van der Waals surface area contributed by atoms with Crippen LogP contribution in [0.4, 0.5) is 11.6 Å². The Bertz CT molecular complexity index is 1350. The van der Waals surface area contributed by atoms with Gasteiger partial charge in [0.25, 0.3) is 5.91 Å². The molecule has 3 aromatic rings. The van der Waals surface area contributed by atoms with Crippen LogP contribution < -0.4 is 9.80 Å². The number of nitrogens with zero attached hydrogens (tertiary/aromatic N) is 7. The lowest BCUT2D eigenvalue weighted by molar-refractivity contribution is 0.0672. The monoisotopic (exact) mass is 529 g/mol. The molecule has 1 unspecified atom stereocenters. The van der Waals surface area contributed by atoms with Gasteiger partial charge >= 0.3 is 0 Å². The van der Waals surface area contributed by atoms with Gasteiger partial charge in [0.15, 0.2) is 0 Å². The van der Waals surface area contributed by atoms with Crippen molar-refractivity contribution in [3.8, 4) is 6.07 Å². The van der Waals surface area contributed by atoms with Crippen molar-refractivity contribution in [3.05, 3.63) is 82.1 Å².